The lowest BCUT2D eigenvalue weighted by molar-refractivity contribution is -0.111. The number of para-hydroxylation sites is 1. The predicted octanol–water partition coefficient (Wildman–Crippen LogP) is 4.09. The lowest BCUT2D eigenvalue weighted by Crippen LogP contribution is -2.32. The lowest BCUT2D eigenvalue weighted by Gasteiger charge is -2.07. The molecule has 4 rings (SSSR count). The molecule has 0 bridgehead atoms. The van der Waals surface area contributed by atoms with Crippen LogP contribution in [0.25, 0.3) is 17.3 Å². The van der Waals surface area contributed by atoms with Crippen molar-refractivity contribution in [1.82, 2.24) is 4.57 Å². The van der Waals surface area contributed by atoms with Crippen LogP contribution in [0.3, 0.4) is 0 Å². The smallest absolute Gasteiger partial charge is 0.273 e. The number of nitriles is 1. The number of nitrogens with zero attached hydrogens (tertiary/aromatic N) is 2. The van der Waals surface area contributed by atoms with Gasteiger partial charge in [0, 0.05) is 10.7 Å². The monoisotopic (exact) mass is 501 g/mol. The van der Waals surface area contributed by atoms with E-state index in [-0.39, 0.29) is 15.8 Å². The van der Waals surface area contributed by atoms with Crippen LogP contribution in [0.15, 0.2) is 83.7 Å². The van der Waals surface area contributed by atoms with Crippen molar-refractivity contribution in [3.8, 4) is 17.5 Å². The highest BCUT2D eigenvalue weighted by Gasteiger charge is 2.17. The minimum absolute atomic E-state index is 0.177. The number of carbonyl (C=O) groups excluding carboxylic acids is 1. The van der Waals surface area contributed by atoms with E-state index in [1.807, 2.05) is 25.1 Å². The van der Waals surface area contributed by atoms with E-state index in [0.717, 1.165) is 11.3 Å². The van der Waals surface area contributed by atoms with E-state index < -0.39 is 5.91 Å². The first-order valence-electron chi connectivity index (χ1n) is 10.7. The molecular formula is C27H20ClN3O3S. The number of benzene rings is 3. The summed E-state index contributed by atoms with van der Waals surface area (Å²) in [6.07, 6.45) is 1.66. The second-order valence-corrected chi connectivity index (χ2v) is 8.75. The molecule has 8 heteroatoms. The fraction of sp³-hybridized carbons (Fsp3) is 0.0741. The SMILES string of the molecule is CCOc1ccc(NC(=O)/C(C#N)=c2\s/c(=C/c3ccccc3Cl)c(=O)n2-c2ccccc2)cc1. The molecule has 0 saturated carbocycles. The molecule has 0 aliphatic heterocycles. The van der Waals surface area contributed by atoms with Gasteiger partial charge in [-0.05, 0) is 61.0 Å². The molecule has 0 spiro atoms. The molecule has 1 N–H and O–H groups in total. The summed E-state index contributed by atoms with van der Waals surface area (Å²) in [6.45, 7) is 2.41. The maximum Gasteiger partial charge on any atom is 0.273 e. The Morgan fingerprint density at radius 3 is 2.43 bits per heavy atom. The topological polar surface area (TPSA) is 84.1 Å². The summed E-state index contributed by atoms with van der Waals surface area (Å²) in [5.74, 6) is 0.0535. The molecule has 0 fully saturated rings. The maximum atomic E-state index is 13.4. The number of ether oxygens (including phenoxy) is 1. The number of thiazole rings is 1. The molecule has 3 aromatic carbocycles. The van der Waals surface area contributed by atoms with E-state index in [9.17, 15) is 14.9 Å². The fourth-order valence-electron chi connectivity index (χ4n) is 3.39. The highest BCUT2D eigenvalue weighted by atomic mass is 35.5. The molecule has 35 heavy (non-hydrogen) atoms. The first-order valence-corrected chi connectivity index (χ1v) is 11.9. The molecule has 0 saturated heterocycles. The van der Waals surface area contributed by atoms with Crippen molar-refractivity contribution in [1.29, 1.82) is 5.26 Å². The van der Waals surface area contributed by atoms with Crippen LogP contribution in [-0.4, -0.2) is 17.1 Å². The Balaban J connectivity index is 1.88. The summed E-state index contributed by atoms with van der Waals surface area (Å²) in [5, 5.41) is 13.2. The van der Waals surface area contributed by atoms with Crippen molar-refractivity contribution < 1.29 is 9.53 Å². The molecule has 1 aromatic heterocycles. The maximum absolute atomic E-state index is 13.4. The summed E-state index contributed by atoms with van der Waals surface area (Å²) >= 11 is 7.35. The molecular weight excluding hydrogens is 482 g/mol. The van der Waals surface area contributed by atoms with Gasteiger partial charge in [-0.15, -0.1) is 11.3 Å². The van der Waals surface area contributed by atoms with Crippen LogP contribution < -0.4 is 24.8 Å². The molecule has 0 radical (unpaired) electrons. The number of rotatable bonds is 6. The summed E-state index contributed by atoms with van der Waals surface area (Å²) in [4.78, 5) is 26.6. The Bertz CT molecular complexity index is 1580. The summed E-state index contributed by atoms with van der Waals surface area (Å²) in [5.41, 5.74) is 1.18. The zero-order chi connectivity index (χ0) is 24.8. The van der Waals surface area contributed by atoms with Crippen LogP contribution in [0.4, 0.5) is 5.69 Å². The number of carbonyl (C=O) groups is 1. The van der Waals surface area contributed by atoms with Crippen LogP contribution in [0.1, 0.15) is 12.5 Å². The number of hydrogen-bond donors (Lipinski definition) is 1. The number of aromatic nitrogens is 1. The summed E-state index contributed by atoms with van der Waals surface area (Å²) < 4.78 is 7.37. The number of hydrogen-bond acceptors (Lipinski definition) is 5. The third-order valence-corrected chi connectivity index (χ3v) is 6.44. The van der Waals surface area contributed by atoms with E-state index >= 15 is 0 Å². The first kappa shape index (κ1) is 24.0. The van der Waals surface area contributed by atoms with Gasteiger partial charge in [0.2, 0.25) is 0 Å². The van der Waals surface area contributed by atoms with Gasteiger partial charge < -0.3 is 10.1 Å². The highest BCUT2D eigenvalue weighted by molar-refractivity contribution is 7.07. The Labute approximate surface area is 210 Å². The summed E-state index contributed by atoms with van der Waals surface area (Å²) in [7, 11) is 0. The van der Waals surface area contributed by atoms with Gasteiger partial charge in [-0.25, -0.2) is 0 Å². The molecule has 1 amide bonds. The van der Waals surface area contributed by atoms with Crippen LogP contribution in [0.5, 0.6) is 5.75 Å². The van der Waals surface area contributed by atoms with Crippen LogP contribution in [-0.2, 0) is 4.79 Å². The molecule has 0 aliphatic carbocycles. The minimum Gasteiger partial charge on any atom is -0.494 e. The second kappa shape index (κ2) is 10.9. The van der Waals surface area contributed by atoms with Gasteiger partial charge in [-0.3, -0.25) is 14.2 Å². The molecule has 0 unspecified atom stereocenters. The summed E-state index contributed by atoms with van der Waals surface area (Å²) in [6, 6.07) is 24.8. The minimum atomic E-state index is -0.619. The Kier molecular flexibility index (Phi) is 7.46. The van der Waals surface area contributed by atoms with Crippen LogP contribution >= 0.6 is 22.9 Å². The number of halogens is 1. The van der Waals surface area contributed by atoms with Gasteiger partial charge in [0.05, 0.1) is 16.8 Å². The normalized spacial score (nSPS) is 12.1. The van der Waals surface area contributed by atoms with Gasteiger partial charge in [0.15, 0.2) is 5.57 Å². The largest absolute Gasteiger partial charge is 0.494 e. The van der Waals surface area contributed by atoms with E-state index in [1.165, 1.54) is 4.57 Å². The van der Waals surface area contributed by atoms with Crippen molar-refractivity contribution in [2.45, 2.75) is 6.92 Å². The van der Waals surface area contributed by atoms with Crippen molar-refractivity contribution in [2.75, 3.05) is 11.9 Å². The van der Waals surface area contributed by atoms with Crippen molar-refractivity contribution in [3.05, 3.63) is 109 Å². The van der Waals surface area contributed by atoms with E-state index in [4.69, 9.17) is 16.3 Å². The molecule has 4 aromatic rings. The predicted molar refractivity (Wildman–Crippen MR) is 139 cm³/mol. The first-order chi connectivity index (χ1) is 17.0. The van der Waals surface area contributed by atoms with E-state index in [0.29, 0.717) is 38.8 Å². The Morgan fingerprint density at radius 1 is 1.09 bits per heavy atom. The van der Waals surface area contributed by atoms with E-state index in [2.05, 4.69) is 5.32 Å². The van der Waals surface area contributed by atoms with Gasteiger partial charge in [-0.1, -0.05) is 48.0 Å². The molecule has 0 aliphatic rings. The van der Waals surface area contributed by atoms with Crippen molar-refractivity contribution in [3.63, 3.8) is 0 Å². The average Bonchev–Trinajstić information content (AvgIpc) is 3.18. The van der Waals surface area contributed by atoms with Crippen LogP contribution in [0.2, 0.25) is 5.02 Å². The van der Waals surface area contributed by atoms with Gasteiger partial charge >= 0.3 is 0 Å². The quantitative estimate of drug-likeness (QED) is 0.431. The Hall–Kier alpha value is -4.12. The van der Waals surface area contributed by atoms with Crippen molar-refractivity contribution >= 4 is 46.2 Å². The molecule has 174 valence electrons. The van der Waals surface area contributed by atoms with Crippen molar-refractivity contribution in [2.24, 2.45) is 0 Å². The zero-order valence-electron chi connectivity index (χ0n) is 18.7. The third kappa shape index (κ3) is 5.35. The third-order valence-electron chi connectivity index (χ3n) is 5.01. The Morgan fingerprint density at radius 2 is 1.77 bits per heavy atom. The van der Waals surface area contributed by atoms with Gasteiger partial charge in [0.25, 0.3) is 11.5 Å². The van der Waals surface area contributed by atoms with Gasteiger partial charge in [-0.2, -0.15) is 5.26 Å². The van der Waals surface area contributed by atoms with Gasteiger partial charge in [0.1, 0.15) is 16.5 Å². The molecule has 6 nitrogen and oxygen atoms in total. The lowest BCUT2D eigenvalue weighted by atomic mass is 10.2. The zero-order valence-corrected chi connectivity index (χ0v) is 20.3. The number of nitrogens with one attached hydrogen (secondary N) is 1. The van der Waals surface area contributed by atoms with Crippen LogP contribution in [0, 0.1) is 11.3 Å². The molecule has 1 heterocycles. The number of anilines is 1. The average molecular weight is 502 g/mol. The molecule has 0 atom stereocenters. The fourth-order valence-corrected chi connectivity index (χ4v) is 4.67. The second-order valence-electron chi connectivity index (χ2n) is 7.31. The highest BCUT2D eigenvalue weighted by Crippen LogP contribution is 2.17. The standard InChI is InChI=1S/C27H20ClN3O3S/c1-2-34-21-14-12-19(13-15-21)30-25(32)22(17-29)27-31(20-9-4-3-5-10-20)26(33)24(35-27)16-18-8-6-7-11-23(18)28/h3-16H,2H2,1H3,(H,30,32)/b24-16+,27-22-. The van der Waals surface area contributed by atoms with E-state index in [1.54, 1.807) is 72.8 Å². The number of amides is 1.